The van der Waals surface area contributed by atoms with Gasteiger partial charge in [-0.25, -0.2) is 9.59 Å². The molecule has 9 heteroatoms. The Balaban J connectivity index is 2.03. The Morgan fingerprint density at radius 2 is 1.34 bits per heavy atom. The molecule has 188 valence electrons. The third kappa shape index (κ3) is 9.11. The predicted octanol–water partition coefficient (Wildman–Crippen LogP) is 2.34. The summed E-state index contributed by atoms with van der Waals surface area (Å²) < 4.78 is 9.94. The lowest BCUT2D eigenvalue weighted by Gasteiger charge is -2.25. The van der Waals surface area contributed by atoms with Crippen LogP contribution in [0, 0.1) is 5.92 Å². The number of methoxy groups -OCH3 is 1. The van der Waals surface area contributed by atoms with Crippen molar-refractivity contribution in [3.8, 4) is 0 Å². The van der Waals surface area contributed by atoms with Crippen LogP contribution in [0.3, 0.4) is 0 Å². The van der Waals surface area contributed by atoms with Crippen molar-refractivity contribution in [2.45, 2.75) is 51.9 Å². The summed E-state index contributed by atoms with van der Waals surface area (Å²) in [4.78, 5) is 50.1. The third-order valence-electron chi connectivity index (χ3n) is 5.28. The summed E-state index contributed by atoms with van der Waals surface area (Å²) in [6, 6.07) is 15.5. The average molecular weight is 484 g/mol. The molecule has 2 aromatic carbocycles. The van der Waals surface area contributed by atoms with Gasteiger partial charge in [-0.15, -0.1) is 0 Å². The molecule has 35 heavy (non-hydrogen) atoms. The molecule has 2 rings (SSSR count). The topological polar surface area (TPSA) is 123 Å². The van der Waals surface area contributed by atoms with Crippen molar-refractivity contribution in [1.82, 2.24) is 16.0 Å². The first-order chi connectivity index (χ1) is 16.7. The van der Waals surface area contributed by atoms with E-state index in [1.54, 1.807) is 13.8 Å². The van der Waals surface area contributed by atoms with Gasteiger partial charge in [0.15, 0.2) is 0 Å². The van der Waals surface area contributed by atoms with Gasteiger partial charge in [0.1, 0.15) is 24.7 Å². The summed E-state index contributed by atoms with van der Waals surface area (Å²) in [6.07, 6.45) is -0.568. The van der Waals surface area contributed by atoms with Crippen LogP contribution >= 0.6 is 0 Å². The Hall–Kier alpha value is -3.88. The van der Waals surface area contributed by atoms with Gasteiger partial charge in [-0.2, -0.15) is 0 Å². The van der Waals surface area contributed by atoms with E-state index in [9.17, 15) is 19.2 Å². The number of nitrogens with one attached hydrogen (secondary N) is 3. The largest absolute Gasteiger partial charge is 0.467 e. The summed E-state index contributed by atoms with van der Waals surface area (Å²) in [5.41, 5.74) is 1.62. The number of benzene rings is 2. The van der Waals surface area contributed by atoms with Gasteiger partial charge in [-0.1, -0.05) is 74.5 Å². The monoisotopic (exact) mass is 483 g/mol. The van der Waals surface area contributed by atoms with Crippen LogP contribution in [0.4, 0.5) is 4.79 Å². The highest BCUT2D eigenvalue weighted by atomic mass is 16.5. The number of esters is 1. The number of hydrogen-bond donors (Lipinski definition) is 3. The van der Waals surface area contributed by atoms with Crippen molar-refractivity contribution < 1.29 is 28.7 Å². The van der Waals surface area contributed by atoms with E-state index in [4.69, 9.17) is 9.47 Å². The molecule has 0 saturated heterocycles. The second kappa shape index (κ2) is 13.7. The Bertz CT molecular complexity index is 981. The van der Waals surface area contributed by atoms with Crippen LogP contribution in [0.2, 0.25) is 0 Å². The molecule has 0 unspecified atom stereocenters. The summed E-state index contributed by atoms with van der Waals surface area (Å²) >= 11 is 0. The SMILES string of the molecule is COC(=O)[C@@H](NC(=O)[C@H](Cc1ccccc1)NC(=O)[C@H](C)NC(=O)OCc1ccccc1)C(C)C. The van der Waals surface area contributed by atoms with Gasteiger partial charge in [0.25, 0.3) is 0 Å². The van der Waals surface area contributed by atoms with Crippen LogP contribution in [0.1, 0.15) is 31.9 Å². The van der Waals surface area contributed by atoms with Crippen molar-refractivity contribution in [3.63, 3.8) is 0 Å². The molecule has 3 atom stereocenters. The lowest BCUT2D eigenvalue weighted by Crippen LogP contribution is -2.56. The molecule has 0 aromatic heterocycles. The molecule has 2 aromatic rings. The second-order valence-corrected chi connectivity index (χ2v) is 8.43. The Morgan fingerprint density at radius 1 is 0.771 bits per heavy atom. The number of carbonyl (C=O) groups excluding carboxylic acids is 4. The van der Waals surface area contributed by atoms with E-state index in [2.05, 4.69) is 16.0 Å². The standard InChI is InChI=1S/C26H33N3O6/c1-17(2)22(25(32)34-4)29-24(31)21(15-19-11-7-5-8-12-19)28-23(30)18(3)27-26(33)35-16-20-13-9-6-10-14-20/h5-14,17-18,21-22H,15-16H2,1-4H3,(H,27,33)(H,28,30)(H,29,31)/t18-,21-,22-/m0/s1. The van der Waals surface area contributed by atoms with Gasteiger partial charge in [0.2, 0.25) is 11.8 Å². The maximum Gasteiger partial charge on any atom is 0.408 e. The summed E-state index contributed by atoms with van der Waals surface area (Å²) in [5.74, 6) is -1.91. The lowest BCUT2D eigenvalue weighted by atomic mass is 10.0. The Labute approximate surface area is 205 Å². The molecule has 0 radical (unpaired) electrons. The zero-order valence-electron chi connectivity index (χ0n) is 20.4. The third-order valence-corrected chi connectivity index (χ3v) is 5.28. The number of carbonyl (C=O) groups is 4. The molecule has 0 bridgehead atoms. The van der Waals surface area contributed by atoms with Crippen LogP contribution < -0.4 is 16.0 Å². The van der Waals surface area contributed by atoms with E-state index < -0.39 is 42.0 Å². The fourth-order valence-electron chi connectivity index (χ4n) is 3.24. The quantitative estimate of drug-likeness (QED) is 0.422. The van der Waals surface area contributed by atoms with E-state index in [-0.39, 0.29) is 18.9 Å². The van der Waals surface area contributed by atoms with E-state index in [0.29, 0.717) is 0 Å². The molecule has 0 heterocycles. The van der Waals surface area contributed by atoms with Gasteiger partial charge in [-0.05, 0) is 24.0 Å². The number of hydrogen-bond acceptors (Lipinski definition) is 6. The fraction of sp³-hybridized carbons (Fsp3) is 0.385. The minimum absolute atomic E-state index is 0.0597. The number of amides is 3. The predicted molar refractivity (Wildman–Crippen MR) is 130 cm³/mol. The minimum atomic E-state index is -0.986. The summed E-state index contributed by atoms with van der Waals surface area (Å²) in [6.45, 7) is 5.10. The Morgan fingerprint density at radius 3 is 1.89 bits per heavy atom. The molecule has 9 nitrogen and oxygen atoms in total. The van der Waals surface area contributed by atoms with Crippen molar-refractivity contribution >= 4 is 23.9 Å². The van der Waals surface area contributed by atoms with Crippen LogP contribution in [0.5, 0.6) is 0 Å². The second-order valence-electron chi connectivity index (χ2n) is 8.43. The first kappa shape index (κ1) is 27.4. The normalized spacial score (nSPS) is 13.2. The van der Waals surface area contributed by atoms with Crippen molar-refractivity contribution in [2.24, 2.45) is 5.92 Å². The number of alkyl carbamates (subject to hydrolysis) is 1. The highest BCUT2D eigenvalue weighted by Gasteiger charge is 2.30. The van der Waals surface area contributed by atoms with Crippen molar-refractivity contribution in [2.75, 3.05) is 7.11 Å². The van der Waals surface area contributed by atoms with Crippen molar-refractivity contribution in [1.29, 1.82) is 0 Å². The molecule has 0 aliphatic carbocycles. The molecule has 0 aliphatic heterocycles. The van der Waals surface area contributed by atoms with Crippen molar-refractivity contribution in [3.05, 3.63) is 71.8 Å². The summed E-state index contributed by atoms with van der Waals surface area (Å²) in [5, 5.41) is 7.81. The zero-order valence-corrected chi connectivity index (χ0v) is 20.4. The highest BCUT2D eigenvalue weighted by Crippen LogP contribution is 2.08. The molecule has 0 spiro atoms. The molecule has 0 saturated carbocycles. The van der Waals surface area contributed by atoms with Crippen LogP contribution in [0.25, 0.3) is 0 Å². The molecule has 3 amide bonds. The zero-order chi connectivity index (χ0) is 25.8. The van der Waals surface area contributed by atoms with E-state index in [1.165, 1.54) is 14.0 Å². The van der Waals surface area contributed by atoms with E-state index in [0.717, 1.165) is 11.1 Å². The van der Waals surface area contributed by atoms with E-state index >= 15 is 0 Å². The van der Waals surface area contributed by atoms with Gasteiger partial charge in [-0.3, -0.25) is 9.59 Å². The minimum Gasteiger partial charge on any atom is -0.467 e. The fourth-order valence-corrected chi connectivity index (χ4v) is 3.24. The van der Waals surface area contributed by atoms with Gasteiger partial charge >= 0.3 is 12.1 Å². The molecule has 0 fully saturated rings. The first-order valence-electron chi connectivity index (χ1n) is 11.4. The van der Waals surface area contributed by atoms with Gasteiger partial charge in [0, 0.05) is 6.42 Å². The molecular formula is C26H33N3O6. The number of rotatable bonds is 11. The average Bonchev–Trinajstić information content (AvgIpc) is 2.86. The molecule has 0 aliphatic rings. The van der Waals surface area contributed by atoms with Crippen LogP contribution in [-0.2, 0) is 36.9 Å². The number of ether oxygens (including phenoxy) is 2. The Kier molecular flexibility index (Phi) is 10.7. The first-order valence-corrected chi connectivity index (χ1v) is 11.4. The molecule has 3 N–H and O–H groups in total. The summed E-state index contributed by atoms with van der Waals surface area (Å²) in [7, 11) is 1.25. The maximum absolute atomic E-state index is 13.1. The van der Waals surface area contributed by atoms with E-state index in [1.807, 2.05) is 60.7 Å². The molecular weight excluding hydrogens is 450 g/mol. The van der Waals surface area contributed by atoms with Gasteiger partial charge < -0.3 is 25.4 Å². The smallest absolute Gasteiger partial charge is 0.408 e. The highest BCUT2D eigenvalue weighted by molar-refractivity contribution is 5.93. The van der Waals surface area contributed by atoms with Gasteiger partial charge in [0.05, 0.1) is 7.11 Å². The lowest BCUT2D eigenvalue weighted by molar-refractivity contribution is -0.146. The maximum atomic E-state index is 13.1. The van der Waals surface area contributed by atoms with Crippen LogP contribution in [-0.4, -0.2) is 49.1 Å². The van der Waals surface area contributed by atoms with Crippen LogP contribution in [0.15, 0.2) is 60.7 Å².